The fourth-order valence-corrected chi connectivity index (χ4v) is 4.61. The maximum absolute atomic E-state index is 12.8. The second-order valence-electron chi connectivity index (χ2n) is 9.49. The molecule has 2 aromatic heterocycles. The van der Waals surface area contributed by atoms with E-state index < -0.39 is 0 Å². The second kappa shape index (κ2) is 9.99. The third kappa shape index (κ3) is 4.90. The lowest BCUT2D eigenvalue weighted by Gasteiger charge is -2.20. The summed E-state index contributed by atoms with van der Waals surface area (Å²) in [5.41, 5.74) is 5.30. The Morgan fingerprint density at radius 1 is 1.17 bits per heavy atom. The maximum Gasteiger partial charge on any atom is 0.270 e. The molecular weight excluding hydrogens is 452 g/mol. The Morgan fingerprint density at radius 3 is 2.72 bits per heavy atom. The molecule has 0 saturated carbocycles. The van der Waals surface area contributed by atoms with Crippen LogP contribution in [0.1, 0.15) is 41.4 Å². The van der Waals surface area contributed by atoms with Gasteiger partial charge in [-0.1, -0.05) is 17.7 Å². The number of nitrogens with one attached hydrogen (secondary N) is 3. The van der Waals surface area contributed by atoms with Crippen LogP contribution in [0.3, 0.4) is 0 Å². The highest BCUT2D eigenvalue weighted by molar-refractivity contribution is 5.93. The lowest BCUT2D eigenvalue weighted by atomic mass is 10.1. The lowest BCUT2D eigenvalue weighted by molar-refractivity contribution is 0.0927. The normalized spacial score (nSPS) is 16.2. The average Bonchev–Trinajstić information content (AvgIpc) is 3.52. The zero-order valence-electron chi connectivity index (χ0n) is 21.1. The van der Waals surface area contributed by atoms with Gasteiger partial charge in [0, 0.05) is 42.6 Å². The van der Waals surface area contributed by atoms with E-state index in [1.807, 2.05) is 49.7 Å². The van der Waals surface area contributed by atoms with Crippen molar-refractivity contribution in [3.8, 4) is 11.5 Å². The number of ether oxygens (including phenoxy) is 1. The lowest BCUT2D eigenvalue weighted by Crippen LogP contribution is -2.45. The third-order valence-corrected chi connectivity index (χ3v) is 6.82. The van der Waals surface area contributed by atoms with Crippen molar-refractivity contribution in [2.75, 3.05) is 11.9 Å². The summed E-state index contributed by atoms with van der Waals surface area (Å²) in [5, 5.41) is 9.88. The van der Waals surface area contributed by atoms with Gasteiger partial charge in [0.05, 0.1) is 11.0 Å². The molecule has 1 aliphatic rings. The molecular formula is C28H32N6O2. The molecule has 8 nitrogen and oxygen atoms in total. The number of hydrogen-bond donors (Lipinski definition) is 3. The number of anilines is 2. The van der Waals surface area contributed by atoms with E-state index in [2.05, 4.69) is 40.0 Å². The highest BCUT2D eigenvalue weighted by atomic mass is 16.5. The van der Waals surface area contributed by atoms with E-state index in [-0.39, 0.29) is 11.9 Å². The first-order chi connectivity index (χ1) is 17.4. The number of carbonyl (C=O) groups is 1. The van der Waals surface area contributed by atoms with Crippen LogP contribution in [0.25, 0.3) is 11.0 Å². The van der Waals surface area contributed by atoms with Gasteiger partial charge < -0.3 is 25.3 Å². The van der Waals surface area contributed by atoms with Gasteiger partial charge in [-0.05, 0) is 70.5 Å². The number of imidazole rings is 1. The number of aromatic nitrogens is 3. The number of nitrogens with zero attached hydrogens (tertiary/aromatic N) is 3. The number of carbonyl (C=O) groups excluding carboxylic acids is 1. The van der Waals surface area contributed by atoms with Crippen LogP contribution in [-0.2, 0) is 7.05 Å². The Kier molecular flexibility index (Phi) is 6.61. The summed E-state index contributed by atoms with van der Waals surface area (Å²) in [7, 11) is 1.99. The van der Waals surface area contributed by atoms with Gasteiger partial charge in [0.25, 0.3) is 5.91 Å². The zero-order valence-corrected chi connectivity index (χ0v) is 21.1. The molecule has 36 heavy (non-hydrogen) atoms. The molecule has 0 spiro atoms. The first kappa shape index (κ1) is 23.8. The topological polar surface area (TPSA) is 93.1 Å². The molecule has 0 bridgehead atoms. The van der Waals surface area contributed by atoms with E-state index in [1.54, 1.807) is 18.3 Å². The van der Waals surface area contributed by atoms with Crippen LogP contribution in [0.5, 0.6) is 11.5 Å². The van der Waals surface area contributed by atoms with Gasteiger partial charge in [0.1, 0.15) is 17.2 Å². The molecule has 2 atom stereocenters. The number of amides is 1. The number of benzene rings is 2. The molecule has 1 saturated heterocycles. The van der Waals surface area contributed by atoms with Crippen molar-refractivity contribution in [2.24, 2.45) is 7.05 Å². The molecule has 8 heteroatoms. The molecule has 3 N–H and O–H groups in total. The van der Waals surface area contributed by atoms with Gasteiger partial charge in [-0.2, -0.15) is 0 Å². The molecule has 0 radical (unpaired) electrons. The largest absolute Gasteiger partial charge is 0.457 e. The summed E-state index contributed by atoms with van der Waals surface area (Å²) in [6.07, 6.45) is 3.80. The van der Waals surface area contributed by atoms with E-state index in [0.29, 0.717) is 23.2 Å². The number of hydrogen-bond acceptors (Lipinski definition) is 6. The minimum atomic E-state index is -0.203. The van der Waals surface area contributed by atoms with Gasteiger partial charge in [-0.25, -0.2) is 4.98 Å². The van der Waals surface area contributed by atoms with E-state index in [1.165, 1.54) is 5.56 Å². The van der Waals surface area contributed by atoms with Crippen LogP contribution < -0.4 is 20.7 Å². The summed E-state index contributed by atoms with van der Waals surface area (Å²) in [6, 6.07) is 15.9. The van der Waals surface area contributed by atoms with Crippen LogP contribution in [0.4, 0.5) is 11.6 Å². The van der Waals surface area contributed by atoms with Gasteiger partial charge >= 0.3 is 0 Å². The van der Waals surface area contributed by atoms with E-state index in [4.69, 9.17) is 9.72 Å². The van der Waals surface area contributed by atoms with Crippen LogP contribution in [0.15, 0.2) is 54.7 Å². The van der Waals surface area contributed by atoms with E-state index >= 15 is 0 Å². The predicted octanol–water partition coefficient (Wildman–Crippen LogP) is 4.99. The Morgan fingerprint density at radius 2 is 1.97 bits per heavy atom. The van der Waals surface area contributed by atoms with Crippen molar-refractivity contribution in [3.05, 3.63) is 71.5 Å². The van der Waals surface area contributed by atoms with Gasteiger partial charge in [0.15, 0.2) is 0 Å². The standard InChI is InChI=1S/C28H32N6O2/c1-17-7-9-20(10-8-17)32-28-33-26-18(2)25(12-11-24(26)34(28)4)36-21-13-15-30-23(16-21)27(35)31-19(3)22-6-5-14-29-22/h7-13,15-16,19,22,29H,5-6,14H2,1-4H3,(H,31,35)(H,32,33). The van der Waals surface area contributed by atoms with Crippen molar-refractivity contribution in [1.29, 1.82) is 0 Å². The van der Waals surface area contributed by atoms with Crippen LogP contribution >= 0.6 is 0 Å². The van der Waals surface area contributed by atoms with Gasteiger partial charge in [-0.3, -0.25) is 9.78 Å². The number of aryl methyl sites for hydroxylation is 3. The number of pyridine rings is 1. The molecule has 1 aliphatic heterocycles. The van der Waals surface area contributed by atoms with E-state index in [0.717, 1.165) is 47.6 Å². The molecule has 0 aliphatic carbocycles. The first-order valence-corrected chi connectivity index (χ1v) is 12.4. The Hall–Kier alpha value is -3.91. The van der Waals surface area contributed by atoms with Crippen LogP contribution in [0.2, 0.25) is 0 Å². The Labute approximate surface area is 211 Å². The molecule has 1 fully saturated rings. The Balaban J connectivity index is 1.34. The average molecular weight is 485 g/mol. The molecule has 186 valence electrons. The summed E-state index contributed by atoms with van der Waals surface area (Å²) in [6.45, 7) is 7.08. The van der Waals surface area contributed by atoms with Gasteiger partial charge in [0.2, 0.25) is 5.95 Å². The van der Waals surface area contributed by atoms with E-state index in [9.17, 15) is 4.79 Å². The first-order valence-electron chi connectivity index (χ1n) is 12.4. The minimum absolute atomic E-state index is 0.0305. The SMILES string of the molecule is Cc1ccc(Nc2nc3c(C)c(Oc4ccnc(C(=O)NC(C)C5CCCN5)c4)ccc3n2C)cc1. The fourth-order valence-electron chi connectivity index (χ4n) is 4.61. The van der Waals surface area contributed by atoms with Crippen molar-refractivity contribution >= 4 is 28.6 Å². The second-order valence-corrected chi connectivity index (χ2v) is 9.49. The predicted molar refractivity (Wildman–Crippen MR) is 142 cm³/mol. The molecule has 4 aromatic rings. The van der Waals surface area contributed by atoms with Crippen molar-refractivity contribution in [1.82, 2.24) is 25.2 Å². The quantitative estimate of drug-likeness (QED) is 0.342. The smallest absolute Gasteiger partial charge is 0.270 e. The molecule has 3 heterocycles. The molecule has 1 amide bonds. The molecule has 2 aromatic carbocycles. The van der Waals surface area contributed by atoms with Crippen molar-refractivity contribution < 1.29 is 9.53 Å². The number of rotatable bonds is 7. The number of fused-ring (bicyclic) bond motifs is 1. The third-order valence-electron chi connectivity index (χ3n) is 6.82. The summed E-state index contributed by atoms with van der Waals surface area (Å²) in [4.78, 5) is 21.9. The highest BCUT2D eigenvalue weighted by Gasteiger charge is 2.23. The van der Waals surface area contributed by atoms with Crippen molar-refractivity contribution in [3.63, 3.8) is 0 Å². The summed E-state index contributed by atoms with van der Waals surface area (Å²) >= 11 is 0. The summed E-state index contributed by atoms with van der Waals surface area (Å²) < 4.78 is 8.22. The molecule has 5 rings (SSSR count). The van der Waals surface area contributed by atoms with Gasteiger partial charge in [-0.15, -0.1) is 0 Å². The van der Waals surface area contributed by atoms with Crippen LogP contribution in [0, 0.1) is 13.8 Å². The molecule has 2 unspecified atom stereocenters. The maximum atomic E-state index is 12.8. The highest BCUT2D eigenvalue weighted by Crippen LogP contribution is 2.32. The fraction of sp³-hybridized carbons (Fsp3) is 0.321. The van der Waals surface area contributed by atoms with Crippen LogP contribution in [-0.4, -0.2) is 39.1 Å². The monoisotopic (exact) mass is 484 g/mol. The minimum Gasteiger partial charge on any atom is -0.457 e. The summed E-state index contributed by atoms with van der Waals surface area (Å²) in [5.74, 6) is 1.79. The van der Waals surface area contributed by atoms with Crippen molar-refractivity contribution in [2.45, 2.75) is 45.7 Å². The Bertz CT molecular complexity index is 1390. The zero-order chi connectivity index (χ0) is 25.2.